The minimum absolute atomic E-state index is 0.0122. The van der Waals surface area contributed by atoms with E-state index in [0.717, 1.165) is 32.7 Å². The number of fused-ring (bicyclic) bond motifs is 1. The molecular weight excluding hydrogens is 306 g/mol. The highest BCUT2D eigenvalue weighted by atomic mass is 16.5. The van der Waals surface area contributed by atoms with E-state index in [1.54, 1.807) is 0 Å². The van der Waals surface area contributed by atoms with Crippen molar-refractivity contribution in [3.63, 3.8) is 0 Å². The standard InChI is InChI=1S/C18H27N3O3/c22-7-9-24-8-6-20-17(23)18-13-19-10-16(18)12-21(14-18)11-15-4-2-1-3-5-15/h1-5,16,19,22H,6-14H2,(H,20,23)/t16-,18-/m1/s1. The summed E-state index contributed by atoms with van der Waals surface area (Å²) in [7, 11) is 0. The number of amides is 1. The zero-order valence-electron chi connectivity index (χ0n) is 14.0. The van der Waals surface area contributed by atoms with Crippen molar-refractivity contribution in [1.82, 2.24) is 15.5 Å². The lowest BCUT2D eigenvalue weighted by Crippen LogP contribution is -2.48. The van der Waals surface area contributed by atoms with Crippen molar-refractivity contribution in [2.45, 2.75) is 6.54 Å². The van der Waals surface area contributed by atoms with Crippen molar-refractivity contribution in [2.24, 2.45) is 11.3 Å². The topological polar surface area (TPSA) is 73.8 Å². The van der Waals surface area contributed by atoms with E-state index >= 15 is 0 Å². The molecule has 2 saturated heterocycles. The van der Waals surface area contributed by atoms with E-state index in [2.05, 4.69) is 39.8 Å². The number of benzene rings is 1. The summed E-state index contributed by atoms with van der Waals surface area (Å²) in [5, 5.41) is 15.1. The van der Waals surface area contributed by atoms with Gasteiger partial charge in [-0.15, -0.1) is 0 Å². The first kappa shape index (κ1) is 17.4. The van der Waals surface area contributed by atoms with Crippen molar-refractivity contribution in [3.05, 3.63) is 35.9 Å². The van der Waals surface area contributed by atoms with Gasteiger partial charge in [-0.25, -0.2) is 0 Å². The molecule has 2 atom stereocenters. The summed E-state index contributed by atoms with van der Waals surface area (Å²) in [6, 6.07) is 10.4. The molecule has 1 aromatic rings. The molecule has 2 heterocycles. The second-order valence-corrected chi connectivity index (χ2v) is 6.73. The predicted molar refractivity (Wildman–Crippen MR) is 91.4 cm³/mol. The van der Waals surface area contributed by atoms with Gasteiger partial charge >= 0.3 is 0 Å². The molecule has 6 nitrogen and oxygen atoms in total. The Morgan fingerprint density at radius 2 is 2.21 bits per heavy atom. The molecule has 0 spiro atoms. The molecule has 6 heteroatoms. The molecule has 0 aromatic heterocycles. The summed E-state index contributed by atoms with van der Waals surface area (Å²) in [6.45, 7) is 5.55. The monoisotopic (exact) mass is 333 g/mol. The summed E-state index contributed by atoms with van der Waals surface area (Å²) >= 11 is 0. The van der Waals surface area contributed by atoms with Crippen LogP contribution < -0.4 is 10.6 Å². The van der Waals surface area contributed by atoms with Crippen LogP contribution in [0.4, 0.5) is 0 Å². The van der Waals surface area contributed by atoms with Gasteiger partial charge in [-0.2, -0.15) is 0 Å². The van der Waals surface area contributed by atoms with E-state index in [1.165, 1.54) is 5.56 Å². The number of rotatable bonds is 8. The van der Waals surface area contributed by atoms with Crippen LogP contribution in [0, 0.1) is 11.3 Å². The summed E-state index contributed by atoms with van der Waals surface area (Å²) in [6.07, 6.45) is 0. The number of likely N-dealkylation sites (tertiary alicyclic amines) is 1. The third-order valence-electron chi connectivity index (χ3n) is 5.07. The molecule has 3 rings (SSSR count). The van der Waals surface area contributed by atoms with Crippen molar-refractivity contribution in [3.8, 4) is 0 Å². The van der Waals surface area contributed by atoms with Gasteiger partial charge in [-0.3, -0.25) is 9.69 Å². The number of carbonyl (C=O) groups is 1. The van der Waals surface area contributed by atoms with E-state index < -0.39 is 0 Å². The zero-order chi connectivity index (χ0) is 16.8. The number of ether oxygens (including phenoxy) is 1. The maximum absolute atomic E-state index is 12.8. The van der Waals surface area contributed by atoms with E-state index in [4.69, 9.17) is 9.84 Å². The normalized spacial score (nSPS) is 26.5. The Morgan fingerprint density at radius 1 is 1.38 bits per heavy atom. The van der Waals surface area contributed by atoms with Gasteiger partial charge in [0.2, 0.25) is 5.91 Å². The Morgan fingerprint density at radius 3 is 3.00 bits per heavy atom. The number of aliphatic hydroxyl groups excluding tert-OH is 1. The van der Waals surface area contributed by atoms with Crippen molar-refractivity contribution < 1.29 is 14.6 Å². The van der Waals surface area contributed by atoms with Crippen LogP contribution in [0.25, 0.3) is 0 Å². The Kier molecular flexibility index (Phi) is 5.84. The largest absolute Gasteiger partial charge is 0.394 e. The Bertz CT molecular complexity index is 540. The molecule has 2 aliphatic rings. The molecule has 1 amide bonds. The zero-order valence-corrected chi connectivity index (χ0v) is 14.0. The van der Waals surface area contributed by atoms with Crippen LogP contribution >= 0.6 is 0 Å². The van der Waals surface area contributed by atoms with E-state index in [1.807, 2.05) is 6.07 Å². The minimum Gasteiger partial charge on any atom is -0.394 e. The predicted octanol–water partition coefficient (Wildman–Crippen LogP) is -0.167. The van der Waals surface area contributed by atoms with Gasteiger partial charge in [0.05, 0.1) is 25.2 Å². The number of carbonyl (C=O) groups excluding carboxylic acids is 1. The maximum Gasteiger partial charge on any atom is 0.229 e. The van der Waals surface area contributed by atoms with E-state index in [0.29, 0.717) is 25.7 Å². The van der Waals surface area contributed by atoms with Gasteiger partial charge < -0.3 is 20.5 Å². The van der Waals surface area contributed by atoms with Crippen LogP contribution in [0.1, 0.15) is 5.56 Å². The molecule has 132 valence electrons. The quantitative estimate of drug-likeness (QED) is 0.576. The molecule has 2 aliphatic heterocycles. The first-order chi connectivity index (χ1) is 11.7. The third kappa shape index (κ3) is 3.78. The number of nitrogens with one attached hydrogen (secondary N) is 2. The molecule has 24 heavy (non-hydrogen) atoms. The second kappa shape index (κ2) is 8.07. The summed E-state index contributed by atoms with van der Waals surface area (Å²) in [5.74, 6) is 0.486. The molecular formula is C18H27N3O3. The van der Waals surface area contributed by atoms with Crippen LogP contribution in [-0.4, -0.2) is 68.5 Å². The lowest BCUT2D eigenvalue weighted by molar-refractivity contribution is -0.131. The molecule has 2 fully saturated rings. The van der Waals surface area contributed by atoms with Crippen molar-refractivity contribution in [2.75, 3.05) is 52.5 Å². The van der Waals surface area contributed by atoms with Crippen LogP contribution in [-0.2, 0) is 16.1 Å². The fourth-order valence-corrected chi connectivity index (χ4v) is 3.89. The van der Waals surface area contributed by atoms with E-state index in [-0.39, 0.29) is 17.9 Å². The highest BCUT2D eigenvalue weighted by Gasteiger charge is 2.54. The molecule has 0 aliphatic carbocycles. The molecule has 0 radical (unpaired) electrons. The third-order valence-corrected chi connectivity index (χ3v) is 5.07. The van der Waals surface area contributed by atoms with Gasteiger partial charge in [-0.05, 0) is 5.56 Å². The first-order valence-electron chi connectivity index (χ1n) is 8.68. The van der Waals surface area contributed by atoms with E-state index in [9.17, 15) is 4.79 Å². The van der Waals surface area contributed by atoms with Gasteiger partial charge in [-0.1, -0.05) is 30.3 Å². The van der Waals surface area contributed by atoms with Gasteiger partial charge in [0.15, 0.2) is 0 Å². The smallest absolute Gasteiger partial charge is 0.229 e. The van der Waals surface area contributed by atoms with Crippen LogP contribution in [0.5, 0.6) is 0 Å². The minimum atomic E-state index is -0.328. The number of aliphatic hydroxyl groups is 1. The number of hydrogen-bond acceptors (Lipinski definition) is 5. The van der Waals surface area contributed by atoms with Crippen molar-refractivity contribution in [1.29, 1.82) is 0 Å². The fourth-order valence-electron chi connectivity index (χ4n) is 3.89. The summed E-state index contributed by atoms with van der Waals surface area (Å²) in [5.41, 5.74) is 0.963. The lowest BCUT2D eigenvalue weighted by Gasteiger charge is -2.27. The average Bonchev–Trinajstić information content (AvgIpc) is 3.13. The second-order valence-electron chi connectivity index (χ2n) is 6.73. The van der Waals surface area contributed by atoms with Gasteiger partial charge in [0.25, 0.3) is 0 Å². The highest BCUT2D eigenvalue weighted by molar-refractivity contribution is 5.84. The first-order valence-corrected chi connectivity index (χ1v) is 8.68. The number of hydrogen-bond donors (Lipinski definition) is 3. The van der Waals surface area contributed by atoms with Gasteiger partial charge in [0.1, 0.15) is 0 Å². The fraction of sp³-hybridized carbons (Fsp3) is 0.611. The van der Waals surface area contributed by atoms with Crippen LogP contribution in [0.15, 0.2) is 30.3 Å². The van der Waals surface area contributed by atoms with Crippen LogP contribution in [0.2, 0.25) is 0 Å². The lowest BCUT2D eigenvalue weighted by atomic mass is 9.80. The molecule has 0 unspecified atom stereocenters. The molecule has 0 bridgehead atoms. The number of nitrogens with zero attached hydrogens (tertiary/aromatic N) is 1. The molecule has 3 N–H and O–H groups in total. The molecule has 1 aromatic carbocycles. The van der Waals surface area contributed by atoms with Crippen LogP contribution in [0.3, 0.4) is 0 Å². The summed E-state index contributed by atoms with van der Waals surface area (Å²) in [4.78, 5) is 15.2. The average molecular weight is 333 g/mol. The summed E-state index contributed by atoms with van der Waals surface area (Å²) < 4.78 is 5.21. The Balaban J connectivity index is 1.55. The Hall–Kier alpha value is -1.47. The highest BCUT2D eigenvalue weighted by Crippen LogP contribution is 2.39. The molecule has 0 saturated carbocycles. The Labute approximate surface area is 143 Å². The van der Waals surface area contributed by atoms with Crippen molar-refractivity contribution >= 4 is 5.91 Å². The SMILES string of the molecule is O=C(NCCOCCO)[C@@]12CNC[C@@H]1CN(Cc1ccccc1)C2. The van der Waals surface area contributed by atoms with Gasteiger partial charge in [0, 0.05) is 45.2 Å². The maximum atomic E-state index is 12.8.